The molecule has 0 saturated carbocycles. The smallest absolute Gasteiger partial charge is 0.488 e. The van der Waals surface area contributed by atoms with Gasteiger partial charge >= 0.3 is 13.2 Å². The number of carbonyl (C=O) groups excluding carboxylic acids is 1. The van der Waals surface area contributed by atoms with Gasteiger partial charge in [-0.3, -0.25) is 0 Å². The lowest BCUT2D eigenvalue weighted by Gasteiger charge is -2.33. The van der Waals surface area contributed by atoms with Gasteiger partial charge in [0.2, 0.25) is 0 Å². The third kappa shape index (κ3) is 6.85. The Hall–Kier alpha value is -1.80. The summed E-state index contributed by atoms with van der Waals surface area (Å²) >= 11 is 0. The van der Waals surface area contributed by atoms with Crippen molar-refractivity contribution in [1.29, 1.82) is 0 Å². The zero-order valence-corrected chi connectivity index (χ0v) is 21.2. The predicted molar refractivity (Wildman–Crippen MR) is 125 cm³/mol. The van der Waals surface area contributed by atoms with Crippen molar-refractivity contribution in [2.45, 2.75) is 98.0 Å². The molecule has 1 N–H and O–H groups in total. The Bertz CT molecular complexity index is 805. The quantitative estimate of drug-likeness (QED) is 0.602. The second-order valence-corrected chi connectivity index (χ2v) is 11.4. The van der Waals surface area contributed by atoms with E-state index in [-0.39, 0.29) is 18.3 Å². The number of nitrogens with one attached hydrogen (secondary N) is 1. The van der Waals surface area contributed by atoms with Gasteiger partial charge in [0, 0.05) is 0 Å². The van der Waals surface area contributed by atoms with Gasteiger partial charge in [0.05, 0.1) is 16.7 Å². The first-order chi connectivity index (χ1) is 14.4. The van der Waals surface area contributed by atoms with E-state index in [0.717, 1.165) is 0 Å². The van der Waals surface area contributed by atoms with E-state index in [1.54, 1.807) is 32.9 Å². The summed E-state index contributed by atoms with van der Waals surface area (Å²) in [5.41, 5.74) is -1.76. The third-order valence-corrected chi connectivity index (χ3v) is 5.69. The number of hydrogen-bond donors (Lipinski definition) is 1. The molecular formula is C24H39BFNO5. The van der Waals surface area contributed by atoms with Gasteiger partial charge in [-0.25, -0.2) is 9.18 Å². The molecule has 0 radical (unpaired) electrons. The van der Waals surface area contributed by atoms with Crippen LogP contribution in [0.25, 0.3) is 0 Å². The van der Waals surface area contributed by atoms with Crippen LogP contribution in [0.3, 0.4) is 0 Å². The van der Waals surface area contributed by atoms with Crippen LogP contribution in [0.15, 0.2) is 18.2 Å². The molecule has 1 aliphatic rings. The van der Waals surface area contributed by atoms with Crippen molar-refractivity contribution in [2.75, 3.05) is 6.61 Å². The van der Waals surface area contributed by atoms with E-state index in [1.165, 1.54) is 6.07 Å². The van der Waals surface area contributed by atoms with Crippen LogP contribution in [0.1, 0.15) is 75.7 Å². The lowest BCUT2D eigenvalue weighted by Crippen LogP contribution is -2.52. The molecule has 8 heteroatoms. The highest BCUT2D eigenvalue weighted by Gasteiger charge is 2.51. The Morgan fingerprint density at radius 3 is 2.16 bits per heavy atom. The highest BCUT2D eigenvalue weighted by molar-refractivity contribution is 6.62. The Morgan fingerprint density at radius 2 is 1.69 bits per heavy atom. The summed E-state index contributed by atoms with van der Waals surface area (Å²) in [5.74, 6) is -0.123. The highest BCUT2D eigenvalue weighted by atomic mass is 19.1. The van der Waals surface area contributed by atoms with E-state index in [4.69, 9.17) is 18.8 Å². The lowest BCUT2D eigenvalue weighted by molar-refractivity contribution is 0.00578. The highest BCUT2D eigenvalue weighted by Crippen LogP contribution is 2.36. The molecule has 0 unspecified atom stereocenters. The molecule has 180 valence electrons. The second kappa shape index (κ2) is 9.22. The molecule has 2 rings (SSSR count). The minimum absolute atomic E-state index is 0.0944. The van der Waals surface area contributed by atoms with E-state index < -0.39 is 41.4 Å². The van der Waals surface area contributed by atoms with Crippen molar-refractivity contribution in [3.63, 3.8) is 0 Å². The van der Waals surface area contributed by atoms with Crippen molar-refractivity contribution >= 4 is 18.7 Å². The van der Waals surface area contributed by atoms with E-state index in [2.05, 4.69) is 19.2 Å². The van der Waals surface area contributed by atoms with E-state index in [9.17, 15) is 9.18 Å². The van der Waals surface area contributed by atoms with E-state index in [0.29, 0.717) is 11.9 Å². The molecule has 0 aliphatic carbocycles. The number of rotatable bonds is 7. The summed E-state index contributed by atoms with van der Waals surface area (Å²) in [6.45, 7) is 19.3. The summed E-state index contributed by atoms with van der Waals surface area (Å²) in [4.78, 5) is 12.3. The molecule has 1 saturated heterocycles. The fourth-order valence-electron chi connectivity index (χ4n) is 3.59. The van der Waals surface area contributed by atoms with E-state index >= 15 is 0 Å². The van der Waals surface area contributed by atoms with Gasteiger partial charge in [0.15, 0.2) is 11.6 Å². The van der Waals surface area contributed by atoms with Crippen LogP contribution in [0.4, 0.5) is 9.18 Å². The second-order valence-electron chi connectivity index (χ2n) is 11.4. The number of amides is 1. The molecular weight excluding hydrogens is 412 g/mol. The summed E-state index contributed by atoms with van der Waals surface area (Å²) in [6.07, 6.45) is 0.112. The van der Waals surface area contributed by atoms with Crippen molar-refractivity contribution in [2.24, 2.45) is 5.92 Å². The molecule has 1 heterocycles. The van der Waals surface area contributed by atoms with Gasteiger partial charge in [-0.05, 0) is 85.3 Å². The molecule has 0 spiro atoms. The first-order valence-electron chi connectivity index (χ1n) is 11.2. The normalized spacial score (nSPS) is 19.6. The Labute approximate surface area is 192 Å². The van der Waals surface area contributed by atoms with Crippen molar-refractivity contribution in [1.82, 2.24) is 5.32 Å². The van der Waals surface area contributed by atoms with Crippen LogP contribution in [-0.2, 0) is 14.0 Å². The summed E-state index contributed by atoms with van der Waals surface area (Å²) in [6, 6.07) is 4.68. The molecule has 1 aliphatic heterocycles. The van der Waals surface area contributed by atoms with Crippen molar-refractivity contribution in [3.05, 3.63) is 24.0 Å². The van der Waals surface area contributed by atoms with E-state index in [1.807, 2.05) is 34.6 Å². The fourth-order valence-corrected chi connectivity index (χ4v) is 3.59. The number of carbonyl (C=O) groups is 1. The van der Waals surface area contributed by atoms with Crippen LogP contribution in [-0.4, -0.2) is 42.2 Å². The number of hydrogen-bond acceptors (Lipinski definition) is 5. The number of benzene rings is 1. The largest absolute Gasteiger partial charge is 0.494 e. The standard InChI is InChI=1S/C24H39BFNO5/c1-16(2)14-24(10,27-20(28)30-21(3,4)5)15-29-19-12-11-17(13-18(19)26)25-31-22(6,7)23(8,9)32-25/h11-13,16H,14-15H2,1-10H3,(H,27,28)/t24-/m0/s1. The summed E-state index contributed by atoms with van der Waals surface area (Å²) in [7, 11) is -0.649. The number of ether oxygens (including phenoxy) is 2. The molecule has 1 amide bonds. The van der Waals surface area contributed by atoms with Gasteiger partial charge in [-0.1, -0.05) is 19.9 Å². The Kier molecular flexibility index (Phi) is 7.62. The molecule has 6 nitrogen and oxygen atoms in total. The SMILES string of the molecule is CC(C)C[C@@](C)(COc1ccc(B2OC(C)(C)C(C)(C)O2)cc1F)NC(=O)OC(C)(C)C. The molecule has 1 fully saturated rings. The summed E-state index contributed by atoms with van der Waals surface area (Å²) in [5, 5.41) is 2.90. The average molecular weight is 451 g/mol. The summed E-state index contributed by atoms with van der Waals surface area (Å²) < 4.78 is 38.0. The Morgan fingerprint density at radius 1 is 1.12 bits per heavy atom. The third-order valence-electron chi connectivity index (χ3n) is 5.69. The number of halogens is 1. The van der Waals surface area contributed by atoms with Gasteiger partial charge in [-0.2, -0.15) is 0 Å². The van der Waals surface area contributed by atoms with Gasteiger partial charge in [0.1, 0.15) is 12.2 Å². The lowest BCUT2D eigenvalue weighted by atomic mass is 9.79. The maximum absolute atomic E-state index is 14.9. The van der Waals surface area contributed by atoms with Gasteiger partial charge < -0.3 is 24.1 Å². The molecule has 0 bridgehead atoms. The zero-order valence-electron chi connectivity index (χ0n) is 21.2. The van der Waals surface area contributed by atoms with Crippen LogP contribution in [0, 0.1) is 11.7 Å². The van der Waals surface area contributed by atoms with Crippen LogP contribution >= 0.6 is 0 Å². The molecule has 1 aromatic carbocycles. The molecule has 0 aromatic heterocycles. The minimum Gasteiger partial charge on any atom is -0.488 e. The van der Waals surface area contributed by atoms with Crippen molar-refractivity contribution in [3.8, 4) is 5.75 Å². The molecule has 1 aromatic rings. The minimum atomic E-state index is -0.729. The maximum atomic E-state index is 14.9. The van der Waals surface area contributed by atoms with Gasteiger partial charge in [-0.15, -0.1) is 0 Å². The first-order valence-corrected chi connectivity index (χ1v) is 11.2. The number of alkyl carbamates (subject to hydrolysis) is 1. The van der Waals surface area contributed by atoms with Crippen LogP contribution in [0.2, 0.25) is 0 Å². The topological polar surface area (TPSA) is 66.0 Å². The first kappa shape index (κ1) is 26.5. The fraction of sp³-hybridized carbons (Fsp3) is 0.708. The predicted octanol–water partition coefficient (Wildman–Crippen LogP) is 4.83. The average Bonchev–Trinajstić information content (AvgIpc) is 2.78. The van der Waals surface area contributed by atoms with Crippen LogP contribution < -0.4 is 15.5 Å². The molecule has 1 atom stereocenters. The van der Waals surface area contributed by atoms with Crippen LogP contribution in [0.5, 0.6) is 5.75 Å². The molecule has 32 heavy (non-hydrogen) atoms. The monoisotopic (exact) mass is 451 g/mol. The van der Waals surface area contributed by atoms with Crippen molar-refractivity contribution < 1.29 is 28.0 Å². The maximum Gasteiger partial charge on any atom is 0.494 e. The Balaban J connectivity index is 2.11. The zero-order chi connectivity index (χ0) is 24.5. The van der Waals surface area contributed by atoms with Gasteiger partial charge in [0.25, 0.3) is 0 Å².